The number of hydrogen-bond acceptors (Lipinski definition) is 7. The number of rotatable bonds is 10. The van der Waals surface area contributed by atoms with Gasteiger partial charge in [0, 0.05) is 17.3 Å². The zero-order valence-electron chi connectivity index (χ0n) is 19.2. The summed E-state index contributed by atoms with van der Waals surface area (Å²) in [7, 11) is 4.02. The van der Waals surface area contributed by atoms with Gasteiger partial charge in [-0.05, 0) is 39.1 Å². The van der Waals surface area contributed by atoms with E-state index < -0.39 is 4.92 Å². The van der Waals surface area contributed by atoms with Gasteiger partial charge in [0.05, 0.1) is 23.3 Å². The number of anilines is 1. The number of aromatic nitrogens is 3. The maximum Gasteiger partial charge on any atom is 0.274 e. The molecular weight excluding hydrogens is 440 g/mol. The summed E-state index contributed by atoms with van der Waals surface area (Å²) in [4.78, 5) is 25.4. The molecule has 1 N–H and O–H groups in total. The summed E-state index contributed by atoms with van der Waals surface area (Å²) < 4.78 is 2.05. The van der Waals surface area contributed by atoms with Crippen LogP contribution in [0.2, 0.25) is 0 Å². The van der Waals surface area contributed by atoms with Crippen molar-refractivity contribution in [3.8, 4) is 0 Å². The van der Waals surface area contributed by atoms with Crippen molar-refractivity contribution in [2.24, 2.45) is 0 Å². The van der Waals surface area contributed by atoms with Crippen molar-refractivity contribution in [2.75, 3.05) is 25.2 Å². The molecule has 3 rings (SSSR count). The van der Waals surface area contributed by atoms with Crippen LogP contribution in [0.25, 0.3) is 0 Å². The van der Waals surface area contributed by atoms with Crippen LogP contribution in [-0.2, 0) is 11.3 Å². The number of amides is 1. The van der Waals surface area contributed by atoms with Crippen LogP contribution in [0, 0.1) is 17.0 Å². The number of nitro groups is 1. The van der Waals surface area contributed by atoms with Crippen LogP contribution >= 0.6 is 11.8 Å². The maximum atomic E-state index is 12.6. The summed E-state index contributed by atoms with van der Waals surface area (Å²) >= 11 is 1.29. The fourth-order valence-electron chi connectivity index (χ4n) is 3.56. The molecule has 1 amide bonds. The van der Waals surface area contributed by atoms with Gasteiger partial charge >= 0.3 is 0 Å². The fraction of sp³-hybridized carbons (Fsp3) is 0.348. The molecule has 33 heavy (non-hydrogen) atoms. The summed E-state index contributed by atoms with van der Waals surface area (Å²) in [5, 5.41) is 23.4. The Balaban J connectivity index is 1.77. The van der Waals surface area contributed by atoms with E-state index in [1.54, 1.807) is 19.1 Å². The molecule has 1 aromatic heterocycles. The monoisotopic (exact) mass is 468 g/mol. The van der Waals surface area contributed by atoms with Gasteiger partial charge in [-0.3, -0.25) is 19.8 Å². The summed E-state index contributed by atoms with van der Waals surface area (Å²) in [6, 6.07) is 14.8. The van der Waals surface area contributed by atoms with E-state index in [4.69, 9.17) is 0 Å². The first-order valence-electron chi connectivity index (χ1n) is 10.6. The van der Waals surface area contributed by atoms with Gasteiger partial charge in [-0.25, -0.2) is 0 Å². The van der Waals surface area contributed by atoms with Crippen LogP contribution in [0.3, 0.4) is 0 Å². The standard InChI is InChI=1S/C23H28N6O3S/c1-5-19(27(3)4)22-25-26-23(28(22)14-17-9-7-6-8-10-17)33-15-21(30)24-18-12-11-16(2)20(13-18)29(31)32/h6-13,19H,5,14-15H2,1-4H3,(H,24,30)/t19-/m1/s1. The number of nitrogens with one attached hydrogen (secondary N) is 1. The minimum absolute atomic E-state index is 0.0259. The second kappa shape index (κ2) is 11.1. The van der Waals surface area contributed by atoms with Crippen LogP contribution in [-0.4, -0.2) is 50.3 Å². The van der Waals surface area contributed by atoms with Crippen molar-refractivity contribution in [1.82, 2.24) is 19.7 Å². The molecule has 174 valence electrons. The molecule has 0 saturated carbocycles. The molecular formula is C23H28N6O3S. The molecule has 1 atom stereocenters. The number of thioether (sulfide) groups is 1. The molecule has 0 saturated heterocycles. The average Bonchev–Trinajstić information content (AvgIpc) is 3.16. The largest absolute Gasteiger partial charge is 0.325 e. The highest BCUT2D eigenvalue weighted by Crippen LogP contribution is 2.27. The topological polar surface area (TPSA) is 106 Å². The normalized spacial score (nSPS) is 12.0. The lowest BCUT2D eigenvalue weighted by molar-refractivity contribution is -0.385. The molecule has 0 bridgehead atoms. The Hall–Kier alpha value is -3.24. The van der Waals surface area contributed by atoms with Crippen LogP contribution < -0.4 is 5.32 Å². The predicted molar refractivity (Wildman–Crippen MR) is 129 cm³/mol. The van der Waals surface area contributed by atoms with Gasteiger partial charge in [0.15, 0.2) is 11.0 Å². The van der Waals surface area contributed by atoms with Crippen molar-refractivity contribution in [2.45, 2.75) is 38.0 Å². The molecule has 0 aliphatic rings. The lowest BCUT2D eigenvalue weighted by atomic mass is 10.2. The van der Waals surface area contributed by atoms with Gasteiger partial charge in [0.25, 0.3) is 5.69 Å². The lowest BCUT2D eigenvalue weighted by Gasteiger charge is -2.23. The third kappa shape index (κ3) is 6.17. The quantitative estimate of drug-likeness (QED) is 0.269. The zero-order chi connectivity index (χ0) is 24.0. The van der Waals surface area contributed by atoms with E-state index in [-0.39, 0.29) is 23.4 Å². The van der Waals surface area contributed by atoms with Crippen LogP contribution in [0.4, 0.5) is 11.4 Å². The highest BCUT2D eigenvalue weighted by molar-refractivity contribution is 7.99. The Morgan fingerprint density at radius 2 is 1.94 bits per heavy atom. The third-order valence-electron chi connectivity index (χ3n) is 5.26. The van der Waals surface area contributed by atoms with Gasteiger partial charge in [-0.15, -0.1) is 10.2 Å². The van der Waals surface area contributed by atoms with Crippen molar-refractivity contribution in [3.63, 3.8) is 0 Å². The Kier molecular flexibility index (Phi) is 8.18. The smallest absolute Gasteiger partial charge is 0.274 e. The number of carbonyl (C=O) groups is 1. The Bertz CT molecular complexity index is 1120. The molecule has 0 unspecified atom stereocenters. The first kappa shape index (κ1) is 24.4. The van der Waals surface area contributed by atoms with Gasteiger partial charge in [-0.1, -0.05) is 55.1 Å². The number of nitrogens with zero attached hydrogens (tertiary/aromatic N) is 5. The first-order valence-corrected chi connectivity index (χ1v) is 11.6. The molecule has 3 aromatic rings. The molecule has 0 spiro atoms. The van der Waals surface area contributed by atoms with Gasteiger partial charge in [-0.2, -0.15) is 0 Å². The summed E-state index contributed by atoms with van der Waals surface area (Å²) in [5.74, 6) is 0.685. The number of carbonyl (C=O) groups excluding carboxylic acids is 1. The summed E-state index contributed by atoms with van der Waals surface area (Å²) in [5.41, 5.74) is 2.02. The number of aryl methyl sites for hydroxylation is 1. The Labute approximate surface area is 197 Å². The lowest BCUT2D eigenvalue weighted by Crippen LogP contribution is -2.23. The van der Waals surface area contributed by atoms with E-state index in [2.05, 4.69) is 31.9 Å². The maximum absolute atomic E-state index is 12.6. The highest BCUT2D eigenvalue weighted by Gasteiger charge is 2.23. The molecule has 0 fully saturated rings. The van der Waals surface area contributed by atoms with E-state index >= 15 is 0 Å². The van der Waals surface area contributed by atoms with Crippen LogP contribution in [0.1, 0.15) is 36.3 Å². The number of nitro benzene ring substituents is 1. The van der Waals surface area contributed by atoms with Gasteiger partial charge < -0.3 is 9.88 Å². The SMILES string of the molecule is CC[C@H](c1nnc(SCC(=O)Nc2ccc(C)c([N+](=O)[O-])c2)n1Cc1ccccc1)N(C)C. The van der Waals surface area contributed by atoms with E-state index in [9.17, 15) is 14.9 Å². The molecule has 0 aliphatic carbocycles. The third-order valence-corrected chi connectivity index (χ3v) is 6.23. The zero-order valence-corrected chi connectivity index (χ0v) is 20.0. The van der Waals surface area contributed by atoms with Crippen molar-refractivity contribution in [3.05, 3.63) is 75.6 Å². The van der Waals surface area contributed by atoms with Crippen molar-refractivity contribution >= 4 is 29.0 Å². The van der Waals surface area contributed by atoms with Gasteiger partial charge in [0.1, 0.15) is 0 Å². The Morgan fingerprint density at radius 3 is 2.58 bits per heavy atom. The second-order valence-corrected chi connectivity index (χ2v) is 8.84. The number of hydrogen-bond donors (Lipinski definition) is 1. The minimum atomic E-state index is -0.456. The van der Waals surface area contributed by atoms with E-state index in [0.717, 1.165) is 17.8 Å². The predicted octanol–water partition coefficient (Wildman–Crippen LogP) is 4.29. The Morgan fingerprint density at radius 1 is 1.21 bits per heavy atom. The molecule has 0 aliphatic heterocycles. The van der Waals surface area contributed by atoms with Crippen LogP contribution in [0.15, 0.2) is 53.7 Å². The fourth-order valence-corrected chi connectivity index (χ4v) is 4.30. The average molecular weight is 469 g/mol. The van der Waals surface area contributed by atoms with Crippen molar-refractivity contribution < 1.29 is 9.72 Å². The second-order valence-electron chi connectivity index (χ2n) is 7.90. The number of benzene rings is 2. The molecule has 2 aromatic carbocycles. The molecule has 9 nitrogen and oxygen atoms in total. The highest BCUT2D eigenvalue weighted by atomic mass is 32.2. The summed E-state index contributed by atoms with van der Waals surface area (Å²) in [6.07, 6.45) is 0.872. The molecule has 1 heterocycles. The first-order chi connectivity index (χ1) is 15.8. The van der Waals surface area contributed by atoms with E-state index in [1.165, 1.54) is 17.8 Å². The molecule has 0 radical (unpaired) electrons. The van der Waals surface area contributed by atoms with Gasteiger partial charge in [0.2, 0.25) is 5.91 Å². The van der Waals surface area contributed by atoms with E-state index in [1.807, 2.05) is 44.4 Å². The van der Waals surface area contributed by atoms with E-state index in [0.29, 0.717) is 23.0 Å². The minimum Gasteiger partial charge on any atom is -0.325 e. The summed E-state index contributed by atoms with van der Waals surface area (Å²) in [6.45, 7) is 4.36. The van der Waals surface area contributed by atoms with Crippen molar-refractivity contribution in [1.29, 1.82) is 0 Å². The van der Waals surface area contributed by atoms with Crippen LogP contribution in [0.5, 0.6) is 0 Å². The molecule has 10 heteroatoms.